The van der Waals surface area contributed by atoms with Gasteiger partial charge >= 0.3 is 0 Å². The van der Waals surface area contributed by atoms with E-state index in [1.807, 2.05) is 6.07 Å². The lowest BCUT2D eigenvalue weighted by Gasteiger charge is -2.43. The van der Waals surface area contributed by atoms with Crippen LogP contribution in [0.3, 0.4) is 0 Å². The van der Waals surface area contributed by atoms with Crippen molar-refractivity contribution in [3.63, 3.8) is 0 Å². The number of rotatable bonds is 2. The summed E-state index contributed by atoms with van der Waals surface area (Å²) in [5.74, 6) is 0.435. The lowest BCUT2D eigenvalue weighted by molar-refractivity contribution is 0.155. The van der Waals surface area contributed by atoms with Gasteiger partial charge in [-0.05, 0) is 54.2 Å². The number of benzene rings is 1. The molecule has 1 unspecified atom stereocenters. The summed E-state index contributed by atoms with van der Waals surface area (Å²) in [6.07, 6.45) is 3.89. The predicted molar refractivity (Wildman–Crippen MR) is 78.0 cm³/mol. The van der Waals surface area contributed by atoms with Crippen LogP contribution >= 0.6 is 11.6 Å². The monoisotopic (exact) mass is 281 g/mol. The van der Waals surface area contributed by atoms with Gasteiger partial charge in [-0.15, -0.1) is 0 Å². The van der Waals surface area contributed by atoms with Gasteiger partial charge in [-0.3, -0.25) is 0 Å². The molecule has 3 rings (SSSR count). The zero-order chi connectivity index (χ0) is 13.8. The first kappa shape index (κ1) is 13.2. The molecule has 1 nitrogen and oxygen atoms in total. The molecule has 2 fully saturated rings. The first-order valence-electron chi connectivity index (χ1n) is 7.04. The molecule has 0 radical (unpaired) electrons. The van der Waals surface area contributed by atoms with Crippen molar-refractivity contribution in [2.24, 2.45) is 16.7 Å². The fourth-order valence-corrected chi connectivity index (χ4v) is 4.53. The average Bonchev–Trinajstić information content (AvgIpc) is 2.80. The van der Waals surface area contributed by atoms with Gasteiger partial charge in [0.1, 0.15) is 5.82 Å². The van der Waals surface area contributed by atoms with Crippen molar-refractivity contribution in [3.8, 4) is 0 Å². The molecule has 2 aliphatic carbocycles. The second kappa shape index (κ2) is 4.12. The average molecular weight is 282 g/mol. The summed E-state index contributed by atoms with van der Waals surface area (Å²) in [5.41, 5.74) is 1.45. The second-order valence-corrected chi connectivity index (χ2v) is 7.53. The van der Waals surface area contributed by atoms with Crippen LogP contribution < -0.4 is 5.32 Å². The summed E-state index contributed by atoms with van der Waals surface area (Å²) in [7, 11) is 0. The Hall–Kier alpha value is -0.760. The molecule has 0 aromatic heterocycles. The van der Waals surface area contributed by atoms with Crippen LogP contribution in [0.4, 0.5) is 10.1 Å². The van der Waals surface area contributed by atoms with Crippen LogP contribution in [0.5, 0.6) is 0 Å². The van der Waals surface area contributed by atoms with Crippen LogP contribution in [0, 0.1) is 22.6 Å². The number of fused-ring (bicyclic) bond motifs is 2. The standard InChI is InChI=1S/C16H21ClFN/c1-15(2)10-6-7-16(3,9-10)14(15)19-11-4-5-12(17)13(18)8-11/h4-5,8,10,14,19H,6-7,9H2,1-3H3/t10-,14?,16+/m0/s1. The van der Waals surface area contributed by atoms with Crippen molar-refractivity contribution in [2.75, 3.05) is 5.32 Å². The molecule has 0 spiro atoms. The zero-order valence-corrected chi connectivity index (χ0v) is 12.5. The van der Waals surface area contributed by atoms with E-state index in [2.05, 4.69) is 26.1 Å². The zero-order valence-electron chi connectivity index (χ0n) is 11.8. The molecule has 0 aliphatic heterocycles. The van der Waals surface area contributed by atoms with Crippen molar-refractivity contribution in [2.45, 2.75) is 46.1 Å². The van der Waals surface area contributed by atoms with E-state index in [4.69, 9.17) is 11.6 Å². The first-order chi connectivity index (χ1) is 8.83. The summed E-state index contributed by atoms with van der Waals surface area (Å²) >= 11 is 5.74. The minimum atomic E-state index is -0.349. The Morgan fingerprint density at radius 3 is 2.63 bits per heavy atom. The lowest BCUT2D eigenvalue weighted by atomic mass is 9.68. The molecular formula is C16H21ClFN. The molecule has 3 heteroatoms. The summed E-state index contributed by atoms with van der Waals surface area (Å²) in [4.78, 5) is 0. The third-order valence-corrected chi connectivity index (χ3v) is 5.81. The maximum Gasteiger partial charge on any atom is 0.143 e. The Kier molecular flexibility index (Phi) is 2.87. The highest BCUT2D eigenvalue weighted by Gasteiger charge is 2.59. The number of hydrogen-bond donors (Lipinski definition) is 1. The van der Waals surface area contributed by atoms with Gasteiger partial charge in [0.25, 0.3) is 0 Å². The van der Waals surface area contributed by atoms with Gasteiger partial charge in [-0.1, -0.05) is 32.4 Å². The smallest absolute Gasteiger partial charge is 0.143 e. The Morgan fingerprint density at radius 2 is 2.05 bits per heavy atom. The van der Waals surface area contributed by atoms with Gasteiger partial charge < -0.3 is 5.32 Å². The lowest BCUT2D eigenvalue weighted by Crippen LogP contribution is -2.45. The third kappa shape index (κ3) is 1.96. The highest BCUT2D eigenvalue weighted by atomic mass is 35.5. The van der Waals surface area contributed by atoms with E-state index in [9.17, 15) is 4.39 Å². The fraction of sp³-hybridized carbons (Fsp3) is 0.625. The van der Waals surface area contributed by atoms with Crippen molar-refractivity contribution in [1.82, 2.24) is 0 Å². The second-order valence-electron chi connectivity index (χ2n) is 7.12. The molecule has 104 valence electrons. The van der Waals surface area contributed by atoms with Gasteiger partial charge in [0, 0.05) is 11.7 Å². The molecule has 1 aromatic rings. The van der Waals surface area contributed by atoms with Crippen molar-refractivity contribution < 1.29 is 4.39 Å². The largest absolute Gasteiger partial charge is 0.381 e. The quantitative estimate of drug-likeness (QED) is 0.795. The molecule has 0 amide bonds. The summed E-state index contributed by atoms with van der Waals surface area (Å²) in [6, 6.07) is 5.41. The number of nitrogens with one attached hydrogen (secondary N) is 1. The van der Waals surface area contributed by atoms with E-state index in [0.29, 0.717) is 11.5 Å². The van der Waals surface area contributed by atoms with E-state index in [0.717, 1.165) is 11.6 Å². The number of halogens is 2. The van der Waals surface area contributed by atoms with Crippen LogP contribution in [0.1, 0.15) is 40.0 Å². The maximum atomic E-state index is 13.6. The molecule has 0 heterocycles. The maximum absolute atomic E-state index is 13.6. The molecule has 19 heavy (non-hydrogen) atoms. The van der Waals surface area contributed by atoms with E-state index >= 15 is 0 Å². The molecule has 2 aliphatic rings. The number of anilines is 1. The van der Waals surface area contributed by atoms with Gasteiger partial charge in [0.05, 0.1) is 5.02 Å². The molecule has 1 aromatic carbocycles. The predicted octanol–water partition coefficient (Wildman–Crippen LogP) is 5.11. The minimum Gasteiger partial charge on any atom is -0.381 e. The van der Waals surface area contributed by atoms with Gasteiger partial charge in [0.15, 0.2) is 0 Å². The highest BCUT2D eigenvalue weighted by molar-refractivity contribution is 6.30. The van der Waals surface area contributed by atoms with E-state index < -0.39 is 0 Å². The van der Waals surface area contributed by atoms with Gasteiger partial charge in [-0.25, -0.2) is 4.39 Å². The molecule has 0 saturated heterocycles. The SMILES string of the molecule is CC1(C)C(Nc2ccc(Cl)c(F)c2)[C@]2(C)CC[C@H]1C2. The van der Waals surface area contributed by atoms with Gasteiger partial charge in [0.2, 0.25) is 0 Å². The van der Waals surface area contributed by atoms with Crippen LogP contribution in [-0.4, -0.2) is 6.04 Å². The third-order valence-electron chi connectivity index (χ3n) is 5.50. The normalized spacial score (nSPS) is 35.6. The van der Waals surface area contributed by atoms with Crippen LogP contribution in [0.25, 0.3) is 0 Å². The summed E-state index contributed by atoms with van der Waals surface area (Å²) < 4.78 is 13.6. The van der Waals surface area contributed by atoms with Crippen molar-refractivity contribution in [3.05, 3.63) is 29.0 Å². The molecule has 1 N–H and O–H groups in total. The summed E-state index contributed by atoms with van der Waals surface area (Å²) in [6.45, 7) is 7.05. The van der Waals surface area contributed by atoms with Crippen LogP contribution in [0.2, 0.25) is 5.02 Å². The van der Waals surface area contributed by atoms with Crippen molar-refractivity contribution >= 4 is 17.3 Å². The molecule has 2 saturated carbocycles. The molecule has 2 bridgehead atoms. The molecular weight excluding hydrogens is 261 g/mol. The van der Waals surface area contributed by atoms with Crippen LogP contribution in [-0.2, 0) is 0 Å². The van der Waals surface area contributed by atoms with Gasteiger partial charge in [-0.2, -0.15) is 0 Å². The first-order valence-corrected chi connectivity index (χ1v) is 7.42. The topological polar surface area (TPSA) is 12.0 Å². The van der Waals surface area contributed by atoms with E-state index in [-0.39, 0.29) is 16.3 Å². The highest BCUT2D eigenvalue weighted by Crippen LogP contribution is 2.63. The van der Waals surface area contributed by atoms with E-state index in [1.54, 1.807) is 6.07 Å². The van der Waals surface area contributed by atoms with Crippen LogP contribution in [0.15, 0.2) is 18.2 Å². The molecule has 3 atom stereocenters. The number of hydrogen-bond acceptors (Lipinski definition) is 1. The Balaban J connectivity index is 1.88. The Morgan fingerprint density at radius 1 is 1.32 bits per heavy atom. The van der Waals surface area contributed by atoms with Crippen molar-refractivity contribution in [1.29, 1.82) is 0 Å². The minimum absolute atomic E-state index is 0.184. The van der Waals surface area contributed by atoms with E-state index in [1.165, 1.54) is 25.3 Å². The fourth-order valence-electron chi connectivity index (χ4n) is 4.41. The Labute approximate surface area is 119 Å². The Bertz CT molecular complexity index is 509. The summed E-state index contributed by atoms with van der Waals surface area (Å²) in [5, 5.41) is 3.76.